The van der Waals surface area contributed by atoms with E-state index in [2.05, 4.69) is 5.10 Å². The number of hydrogen-bond acceptors (Lipinski definition) is 2. The molecule has 3 aromatic rings. The van der Waals surface area contributed by atoms with Crippen molar-refractivity contribution in [3.8, 4) is 11.3 Å². The molecule has 2 aromatic heterocycles. The molecule has 3 rings (SSSR count). The molecule has 20 heavy (non-hydrogen) atoms. The van der Waals surface area contributed by atoms with Crippen LogP contribution in [0.1, 0.15) is 16.1 Å². The quantitative estimate of drug-likeness (QED) is 0.778. The molecule has 0 aliphatic heterocycles. The van der Waals surface area contributed by atoms with Crippen molar-refractivity contribution in [2.75, 3.05) is 0 Å². The number of fused-ring (bicyclic) bond motifs is 1. The fourth-order valence-corrected chi connectivity index (χ4v) is 2.75. The molecule has 0 saturated heterocycles. The Labute approximate surface area is 116 Å². The topological polar surface area (TPSA) is 60.0 Å². The van der Waals surface area contributed by atoms with Gasteiger partial charge in [-0.15, -0.1) is 0 Å². The average molecular weight is 269 g/mol. The Morgan fingerprint density at radius 3 is 2.65 bits per heavy atom. The third-order valence-electron chi connectivity index (χ3n) is 3.59. The number of rotatable bonds is 2. The number of hydrogen-bond donors (Lipinski definition) is 1. The zero-order valence-electron chi connectivity index (χ0n) is 11.6. The highest BCUT2D eigenvalue weighted by Gasteiger charge is 2.23. The highest BCUT2D eigenvalue weighted by atomic mass is 16.4. The van der Waals surface area contributed by atoms with E-state index in [1.165, 1.54) is 0 Å². The van der Waals surface area contributed by atoms with E-state index in [0.717, 1.165) is 16.5 Å². The lowest BCUT2D eigenvalue weighted by Gasteiger charge is -2.02. The summed E-state index contributed by atoms with van der Waals surface area (Å²) < 4.78 is 3.64. The summed E-state index contributed by atoms with van der Waals surface area (Å²) in [6.07, 6.45) is 1.95. The van der Waals surface area contributed by atoms with Gasteiger partial charge in [0.15, 0.2) is 0 Å². The second-order valence-electron chi connectivity index (χ2n) is 4.91. The van der Waals surface area contributed by atoms with Crippen molar-refractivity contribution in [1.29, 1.82) is 0 Å². The van der Waals surface area contributed by atoms with E-state index in [1.807, 2.05) is 42.1 Å². The van der Waals surface area contributed by atoms with E-state index in [4.69, 9.17) is 0 Å². The van der Waals surface area contributed by atoms with Crippen molar-refractivity contribution in [1.82, 2.24) is 14.3 Å². The third-order valence-corrected chi connectivity index (χ3v) is 3.59. The van der Waals surface area contributed by atoms with Gasteiger partial charge in [-0.25, -0.2) is 4.79 Å². The molecule has 0 saturated carbocycles. The zero-order valence-corrected chi connectivity index (χ0v) is 11.6. The van der Waals surface area contributed by atoms with Gasteiger partial charge >= 0.3 is 5.97 Å². The van der Waals surface area contributed by atoms with Gasteiger partial charge in [0.2, 0.25) is 0 Å². The Morgan fingerprint density at radius 1 is 1.25 bits per heavy atom. The van der Waals surface area contributed by atoms with Gasteiger partial charge in [0, 0.05) is 36.8 Å². The van der Waals surface area contributed by atoms with E-state index in [0.29, 0.717) is 11.4 Å². The van der Waals surface area contributed by atoms with E-state index in [-0.39, 0.29) is 5.56 Å². The maximum atomic E-state index is 11.5. The Hall–Kier alpha value is -2.56. The van der Waals surface area contributed by atoms with Crippen LogP contribution in [-0.2, 0) is 14.1 Å². The van der Waals surface area contributed by atoms with Gasteiger partial charge in [-0.2, -0.15) is 5.10 Å². The van der Waals surface area contributed by atoms with E-state index in [1.54, 1.807) is 18.7 Å². The van der Waals surface area contributed by atoms with Crippen LogP contribution in [0.3, 0.4) is 0 Å². The fraction of sp³-hybridized carbons (Fsp3) is 0.200. The van der Waals surface area contributed by atoms with Gasteiger partial charge < -0.3 is 9.67 Å². The predicted octanol–water partition coefficient (Wildman–Crippen LogP) is 2.59. The summed E-state index contributed by atoms with van der Waals surface area (Å²) in [6, 6.07) is 7.94. The van der Waals surface area contributed by atoms with Crippen molar-refractivity contribution in [2.45, 2.75) is 6.92 Å². The van der Waals surface area contributed by atoms with Gasteiger partial charge in [-0.05, 0) is 13.0 Å². The number of para-hydroxylation sites is 1. The van der Waals surface area contributed by atoms with Crippen LogP contribution in [0.4, 0.5) is 0 Å². The lowest BCUT2D eigenvalue weighted by atomic mass is 10.1. The number of carboxylic acids is 1. The summed E-state index contributed by atoms with van der Waals surface area (Å²) in [6.45, 7) is 1.72. The number of carboxylic acid groups (broad SMARTS) is 1. The first-order valence-electron chi connectivity index (χ1n) is 6.32. The lowest BCUT2D eigenvalue weighted by Crippen LogP contribution is -2.01. The molecular formula is C15H15N3O2. The standard InChI is InChI=1S/C15H15N3O2/c1-9-13(15(19)20)14(18(3)16-9)11-8-17(2)12-7-5-4-6-10(11)12/h4-8H,1-3H3,(H,19,20). The summed E-state index contributed by atoms with van der Waals surface area (Å²) in [4.78, 5) is 11.5. The van der Waals surface area contributed by atoms with E-state index >= 15 is 0 Å². The molecule has 0 spiro atoms. The highest BCUT2D eigenvalue weighted by molar-refractivity contribution is 6.03. The molecule has 5 heteroatoms. The van der Waals surface area contributed by atoms with Gasteiger partial charge in [0.05, 0.1) is 11.4 Å². The largest absolute Gasteiger partial charge is 0.478 e. The lowest BCUT2D eigenvalue weighted by molar-refractivity contribution is 0.0697. The molecule has 5 nitrogen and oxygen atoms in total. The number of carbonyl (C=O) groups is 1. The van der Waals surface area contributed by atoms with Gasteiger partial charge in [0.25, 0.3) is 0 Å². The van der Waals surface area contributed by atoms with Gasteiger partial charge in [0.1, 0.15) is 5.56 Å². The number of nitrogens with zero attached hydrogens (tertiary/aromatic N) is 3. The minimum Gasteiger partial charge on any atom is -0.478 e. The molecule has 0 amide bonds. The van der Waals surface area contributed by atoms with E-state index in [9.17, 15) is 9.90 Å². The van der Waals surface area contributed by atoms with Crippen molar-refractivity contribution in [3.05, 3.63) is 41.7 Å². The Kier molecular flexibility index (Phi) is 2.64. The van der Waals surface area contributed by atoms with Gasteiger partial charge in [-0.3, -0.25) is 4.68 Å². The van der Waals surface area contributed by atoms with Crippen LogP contribution in [0.25, 0.3) is 22.2 Å². The molecule has 0 bridgehead atoms. The summed E-state index contributed by atoms with van der Waals surface area (Å²) >= 11 is 0. The van der Waals surface area contributed by atoms with Crippen molar-refractivity contribution in [3.63, 3.8) is 0 Å². The zero-order chi connectivity index (χ0) is 14.4. The number of aromatic carboxylic acids is 1. The molecule has 2 heterocycles. The summed E-state index contributed by atoms with van der Waals surface area (Å²) in [5.41, 5.74) is 3.40. The molecule has 0 fully saturated rings. The molecule has 0 aliphatic rings. The monoisotopic (exact) mass is 269 g/mol. The Bertz CT molecular complexity index is 827. The molecule has 0 atom stereocenters. The maximum Gasteiger partial charge on any atom is 0.339 e. The van der Waals surface area contributed by atoms with Crippen LogP contribution in [0.5, 0.6) is 0 Å². The molecule has 1 N–H and O–H groups in total. The van der Waals surface area contributed by atoms with Crippen molar-refractivity contribution >= 4 is 16.9 Å². The second-order valence-corrected chi connectivity index (χ2v) is 4.91. The van der Waals surface area contributed by atoms with Gasteiger partial charge in [-0.1, -0.05) is 18.2 Å². The molecule has 0 aliphatic carbocycles. The second kappa shape index (κ2) is 4.23. The molecule has 102 valence electrons. The third kappa shape index (κ3) is 1.63. The SMILES string of the molecule is Cc1nn(C)c(-c2cn(C)c3ccccc23)c1C(=O)O. The molecule has 0 radical (unpaired) electrons. The van der Waals surface area contributed by atoms with Crippen molar-refractivity contribution in [2.24, 2.45) is 14.1 Å². The highest BCUT2D eigenvalue weighted by Crippen LogP contribution is 2.33. The normalized spacial score (nSPS) is 11.2. The molecular weight excluding hydrogens is 254 g/mol. The molecule has 0 unspecified atom stereocenters. The molecule has 1 aromatic carbocycles. The first kappa shape index (κ1) is 12.5. The van der Waals surface area contributed by atoms with Crippen LogP contribution in [0.2, 0.25) is 0 Å². The Balaban J connectivity index is 2.40. The van der Waals surface area contributed by atoms with Crippen LogP contribution in [0, 0.1) is 6.92 Å². The first-order valence-corrected chi connectivity index (χ1v) is 6.32. The minimum absolute atomic E-state index is 0.267. The van der Waals surface area contributed by atoms with Crippen LogP contribution >= 0.6 is 0 Å². The maximum absolute atomic E-state index is 11.5. The Morgan fingerprint density at radius 2 is 1.95 bits per heavy atom. The number of benzene rings is 1. The number of aromatic nitrogens is 3. The average Bonchev–Trinajstić information content (AvgIpc) is 2.87. The summed E-state index contributed by atoms with van der Waals surface area (Å²) in [7, 11) is 3.73. The first-order chi connectivity index (χ1) is 9.50. The van der Waals surface area contributed by atoms with E-state index < -0.39 is 5.97 Å². The predicted molar refractivity (Wildman–Crippen MR) is 76.8 cm³/mol. The van der Waals surface area contributed by atoms with Crippen LogP contribution < -0.4 is 0 Å². The minimum atomic E-state index is -0.946. The number of aryl methyl sites for hydroxylation is 3. The van der Waals surface area contributed by atoms with Crippen molar-refractivity contribution < 1.29 is 9.90 Å². The smallest absolute Gasteiger partial charge is 0.339 e. The fourth-order valence-electron chi connectivity index (χ4n) is 2.75. The summed E-state index contributed by atoms with van der Waals surface area (Å²) in [5.74, 6) is -0.946. The summed E-state index contributed by atoms with van der Waals surface area (Å²) in [5, 5.41) is 14.7. The van der Waals surface area contributed by atoms with Crippen LogP contribution in [0.15, 0.2) is 30.5 Å². The van der Waals surface area contributed by atoms with Crippen LogP contribution in [-0.4, -0.2) is 25.4 Å².